The largest absolute Gasteiger partial charge is 0.443 e. The molecule has 2 aliphatic rings. The Bertz CT molecular complexity index is 1010. The summed E-state index contributed by atoms with van der Waals surface area (Å²) < 4.78 is 7.43. The van der Waals surface area contributed by atoms with Crippen molar-refractivity contribution in [3.8, 4) is 0 Å². The summed E-state index contributed by atoms with van der Waals surface area (Å²) in [5.74, 6) is 0.334. The molecule has 2 aromatic rings. The molecule has 0 aliphatic carbocycles. The fourth-order valence-corrected chi connectivity index (χ4v) is 3.88. The number of benzene rings is 1. The molecule has 7 heteroatoms. The van der Waals surface area contributed by atoms with Crippen molar-refractivity contribution in [3.05, 3.63) is 35.5 Å². The molecule has 1 aromatic carbocycles. The Kier molecular flexibility index (Phi) is 4.63. The van der Waals surface area contributed by atoms with Gasteiger partial charge < -0.3 is 9.64 Å². The minimum absolute atomic E-state index is 0.0221. The summed E-state index contributed by atoms with van der Waals surface area (Å²) in [7, 11) is 1.81. The van der Waals surface area contributed by atoms with Crippen LogP contribution in [0.5, 0.6) is 0 Å². The van der Waals surface area contributed by atoms with Gasteiger partial charge in [-0.25, -0.2) is 4.79 Å². The van der Waals surface area contributed by atoms with E-state index in [1.165, 1.54) is 0 Å². The van der Waals surface area contributed by atoms with Crippen LogP contribution in [0.2, 0.25) is 0 Å². The van der Waals surface area contributed by atoms with Crippen molar-refractivity contribution in [2.24, 2.45) is 5.92 Å². The summed E-state index contributed by atoms with van der Waals surface area (Å²) in [4.78, 5) is 29.0. The van der Waals surface area contributed by atoms with Crippen LogP contribution in [-0.4, -0.2) is 57.3 Å². The highest BCUT2D eigenvalue weighted by Crippen LogP contribution is 2.32. The molecule has 154 valence electrons. The first-order chi connectivity index (χ1) is 13.6. The fourth-order valence-electron chi connectivity index (χ4n) is 3.88. The van der Waals surface area contributed by atoms with Crippen molar-refractivity contribution < 1.29 is 14.3 Å². The van der Waals surface area contributed by atoms with Crippen molar-refractivity contribution in [3.63, 3.8) is 0 Å². The first-order valence-corrected chi connectivity index (χ1v) is 10.1. The van der Waals surface area contributed by atoms with Gasteiger partial charge >= 0.3 is 6.09 Å². The molecular weight excluding hydrogens is 368 g/mol. The predicted octanol–water partition coefficient (Wildman–Crippen LogP) is 3.74. The highest BCUT2D eigenvalue weighted by Gasteiger charge is 2.31. The third-order valence-electron chi connectivity index (χ3n) is 5.34. The quantitative estimate of drug-likeness (QED) is 0.736. The number of ether oxygens (including phenoxy) is 1. The van der Waals surface area contributed by atoms with Crippen molar-refractivity contribution in [1.82, 2.24) is 19.6 Å². The molecule has 0 spiro atoms. The van der Waals surface area contributed by atoms with E-state index < -0.39 is 5.60 Å². The zero-order chi connectivity index (χ0) is 20.9. The molecule has 7 nitrogen and oxygen atoms in total. The summed E-state index contributed by atoms with van der Waals surface area (Å²) in [6.07, 6.45) is 2.63. The highest BCUT2D eigenvalue weighted by atomic mass is 16.6. The third-order valence-corrected chi connectivity index (χ3v) is 5.34. The summed E-state index contributed by atoms with van der Waals surface area (Å²) in [5.41, 5.74) is 2.57. The van der Waals surface area contributed by atoms with E-state index in [0.717, 1.165) is 28.6 Å². The van der Waals surface area contributed by atoms with Gasteiger partial charge in [-0.3, -0.25) is 14.4 Å². The van der Waals surface area contributed by atoms with Crippen LogP contribution in [0.15, 0.2) is 24.3 Å². The molecule has 1 aromatic heterocycles. The van der Waals surface area contributed by atoms with Crippen LogP contribution in [0.4, 0.5) is 4.79 Å². The second kappa shape index (κ2) is 6.90. The second-order valence-corrected chi connectivity index (χ2v) is 9.05. The second-order valence-electron chi connectivity index (χ2n) is 9.05. The Morgan fingerprint density at radius 2 is 2.00 bits per heavy atom. The predicted molar refractivity (Wildman–Crippen MR) is 111 cm³/mol. The first kappa shape index (κ1) is 19.5. The number of nitrogens with zero attached hydrogens (tertiary/aromatic N) is 4. The Balaban J connectivity index is 1.76. The number of allylic oxidation sites excluding steroid dienone is 1. The Hall–Kier alpha value is -2.83. The standard InChI is InChI=1S/C22H28N4O3/c1-14-6-9-18(25(13-14)21(28)29-22(2,3)4)15-7-8-17-16(12-15)19-20(27)24(5)10-11-26(19)23-17/h7-9,12,14H,6,10-11,13H2,1-5H3. The SMILES string of the molecule is CC1CC=C(c2ccc3nn4c(c3c2)C(=O)N(C)CC4)N(C(=O)OC(C)(C)C)C1. The van der Waals surface area contributed by atoms with Crippen LogP contribution in [0.3, 0.4) is 0 Å². The summed E-state index contributed by atoms with van der Waals surface area (Å²) in [6.45, 7) is 9.68. The monoisotopic (exact) mass is 396 g/mol. The number of amides is 2. The molecule has 29 heavy (non-hydrogen) atoms. The van der Waals surface area contributed by atoms with Gasteiger partial charge in [0.05, 0.1) is 17.8 Å². The van der Waals surface area contributed by atoms with Crippen LogP contribution < -0.4 is 0 Å². The van der Waals surface area contributed by atoms with Gasteiger partial charge in [-0.1, -0.05) is 19.1 Å². The Morgan fingerprint density at radius 3 is 2.72 bits per heavy atom. The van der Waals surface area contributed by atoms with Crippen molar-refractivity contribution in [1.29, 1.82) is 0 Å². The zero-order valence-electron chi connectivity index (χ0n) is 17.7. The van der Waals surface area contributed by atoms with E-state index in [1.807, 2.05) is 46.0 Å². The van der Waals surface area contributed by atoms with Crippen LogP contribution in [-0.2, 0) is 11.3 Å². The normalized spacial score (nSPS) is 20.0. The number of fused-ring (bicyclic) bond motifs is 3. The maximum absolute atomic E-state index is 12.9. The van der Waals surface area contributed by atoms with Gasteiger partial charge in [-0.15, -0.1) is 0 Å². The average Bonchev–Trinajstić information content (AvgIpc) is 3.01. The Labute approximate surface area is 170 Å². The van der Waals surface area contributed by atoms with Crippen LogP contribution in [0.1, 0.15) is 50.2 Å². The van der Waals surface area contributed by atoms with Crippen molar-refractivity contribution >= 4 is 28.6 Å². The van der Waals surface area contributed by atoms with Gasteiger partial charge in [0.1, 0.15) is 11.3 Å². The molecule has 1 atom stereocenters. The minimum atomic E-state index is -0.560. The van der Waals surface area contributed by atoms with E-state index in [2.05, 4.69) is 18.1 Å². The number of hydrogen-bond donors (Lipinski definition) is 0. The molecule has 0 saturated carbocycles. The molecule has 0 bridgehead atoms. The lowest BCUT2D eigenvalue weighted by Gasteiger charge is -2.34. The maximum Gasteiger partial charge on any atom is 0.414 e. The van der Waals surface area contributed by atoms with Gasteiger partial charge in [0.2, 0.25) is 0 Å². The van der Waals surface area contributed by atoms with Crippen LogP contribution in [0, 0.1) is 5.92 Å². The van der Waals surface area contributed by atoms with Gasteiger partial charge in [0, 0.05) is 25.5 Å². The van der Waals surface area contributed by atoms with E-state index in [-0.39, 0.29) is 12.0 Å². The van der Waals surface area contributed by atoms with Crippen LogP contribution in [0.25, 0.3) is 16.6 Å². The summed E-state index contributed by atoms with van der Waals surface area (Å²) in [5, 5.41) is 5.41. The van der Waals surface area contributed by atoms with E-state index >= 15 is 0 Å². The first-order valence-electron chi connectivity index (χ1n) is 10.1. The van der Waals surface area contributed by atoms with Gasteiger partial charge in [0.25, 0.3) is 5.91 Å². The zero-order valence-corrected chi connectivity index (χ0v) is 17.7. The summed E-state index contributed by atoms with van der Waals surface area (Å²) >= 11 is 0. The van der Waals surface area contributed by atoms with E-state index in [0.29, 0.717) is 31.2 Å². The fraction of sp³-hybridized carbons (Fsp3) is 0.500. The number of carbonyl (C=O) groups excluding carboxylic acids is 2. The lowest BCUT2D eigenvalue weighted by atomic mass is 9.97. The van der Waals surface area contributed by atoms with Crippen molar-refractivity contribution in [2.75, 3.05) is 20.1 Å². The number of aromatic nitrogens is 2. The number of carbonyl (C=O) groups is 2. The number of hydrogen-bond acceptors (Lipinski definition) is 4. The van der Waals surface area contributed by atoms with E-state index in [1.54, 1.807) is 14.5 Å². The van der Waals surface area contributed by atoms with Gasteiger partial charge in [-0.05, 0) is 50.8 Å². The molecule has 0 radical (unpaired) electrons. The molecule has 0 fully saturated rings. The van der Waals surface area contributed by atoms with Gasteiger partial charge in [-0.2, -0.15) is 5.10 Å². The van der Waals surface area contributed by atoms with Gasteiger partial charge in [0.15, 0.2) is 0 Å². The lowest BCUT2D eigenvalue weighted by molar-refractivity contribution is 0.0327. The Morgan fingerprint density at radius 1 is 1.24 bits per heavy atom. The number of rotatable bonds is 1. The molecule has 4 rings (SSSR count). The third kappa shape index (κ3) is 3.61. The maximum atomic E-state index is 12.9. The van der Waals surface area contributed by atoms with Crippen molar-refractivity contribution in [2.45, 2.75) is 46.3 Å². The average molecular weight is 396 g/mol. The molecule has 0 N–H and O–H groups in total. The number of likely N-dealkylation sites (N-methyl/N-ethyl adjacent to an activating group) is 1. The summed E-state index contributed by atoms with van der Waals surface area (Å²) in [6, 6.07) is 5.87. The molecule has 3 heterocycles. The molecule has 1 unspecified atom stereocenters. The molecule has 0 saturated heterocycles. The molecule has 2 amide bonds. The molecular formula is C22H28N4O3. The van der Waals surface area contributed by atoms with E-state index in [9.17, 15) is 9.59 Å². The lowest BCUT2D eigenvalue weighted by Crippen LogP contribution is -2.39. The smallest absolute Gasteiger partial charge is 0.414 e. The van der Waals surface area contributed by atoms with Crippen LogP contribution >= 0.6 is 0 Å². The molecule has 2 aliphatic heterocycles. The highest BCUT2D eigenvalue weighted by molar-refractivity contribution is 6.06. The minimum Gasteiger partial charge on any atom is -0.443 e. The van der Waals surface area contributed by atoms with E-state index in [4.69, 9.17) is 4.74 Å². The topological polar surface area (TPSA) is 67.7 Å².